The molecule has 2 amide bonds. The number of piperidine rings is 1. The summed E-state index contributed by atoms with van der Waals surface area (Å²) < 4.78 is 0. The van der Waals surface area contributed by atoms with Crippen molar-refractivity contribution in [2.75, 3.05) is 23.7 Å². The predicted octanol–water partition coefficient (Wildman–Crippen LogP) is 3.37. The van der Waals surface area contributed by atoms with Gasteiger partial charge in [0.1, 0.15) is 5.38 Å². The first-order valence-electron chi connectivity index (χ1n) is 7.58. The molecular weight excluding hydrogens is 355 g/mol. The van der Waals surface area contributed by atoms with Crippen LogP contribution in [0.4, 0.5) is 5.69 Å². The zero-order valence-electron chi connectivity index (χ0n) is 12.8. The summed E-state index contributed by atoms with van der Waals surface area (Å²) >= 11 is 13.5. The van der Waals surface area contributed by atoms with Gasteiger partial charge in [0.2, 0.25) is 11.8 Å². The third kappa shape index (κ3) is 3.19. The molecule has 7 heteroatoms. The van der Waals surface area contributed by atoms with Crippen molar-refractivity contribution in [1.29, 1.82) is 0 Å². The van der Waals surface area contributed by atoms with Gasteiger partial charge in [0, 0.05) is 23.8 Å². The van der Waals surface area contributed by atoms with Crippen molar-refractivity contribution >= 4 is 52.5 Å². The molecule has 1 atom stereocenters. The molecule has 124 valence electrons. The number of hydrogen-bond donors (Lipinski definition) is 0. The van der Waals surface area contributed by atoms with Crippen LogP contribution >= 0.6 is 35.0 Å². The van der Waals surface area contributed by atoms with Gasteiger partial charge in [-0.05, 0) is 44.0 Å². The maximum absolute atomic E-state index is 12.4. The molecular formula is C16H18Cl2N2O2S. The topological polar surface area (TPSA) is 40.6 Å². The first-order valence-corrected chi connectivity index (χ1v) is 9.38. The molecule has 1 spiro atoms. The molecule has 0 N–H and O–H groups in total. The molecule has 2 aliphatic heterocycles. The van der Waals surface area contributed by atoms with Crippen LogP contribution in [0, 0.1) is 0 Å². The van der Waals surface area contributed by atoms with Crippen LogP contribution in [-0.2, 0) is 9.59 Å². The number of hydrogen-bond acceptors (Lipinski definition) is 3. The third-order valence-corrected chi connectivity index (χ3v) is 6.36. The van der Waals surface area contributed by atoms with Gasteiger partial charge in [-0.25, -0.2) is 0 Å². The van der Waals surface area contributed by atoms with Crippen LogP contribution in [0.3, 0.4) is 0 Å². The van der Waals surface area contributed by atoms with Crippen molar-refractivity contribution in [3.05, 3.63) is 29.3 Å². The van der Waals surface area contributed by atoms with Crippen molar-refractivity contribution in [3.8, 4) is 0 Å². The summed E-state index contributed by atoms with van der Waals surface area (Å²) in [5.41, 5.74) is 0.870. The van der Waals surface area contributed by atoms with Gasteiger partial charge in [-0.2, -0.15) is 0 Å². The lowest BCUT2D eigenvalue weighted by atomic mass is 10.0. The highest BCUT2D eigenvalue weighted by Crippen LogP contribution is 2.46. The molecule has 0 aromatic heterocycles. The second kappa shape index (κ2) is 6.54. The van der Waals surface area contributed by atoms with Crippen LogP contribution in [0.5, 0.6) is 0 Å². The fourth-order valence-electron chi connectivity index (χ4n) is 3.22. The Balaban J connectivity index is 1.80. The fraction of sp³-hybridized carbons (Fsp3) is 0.500. The summed E-state index contributed by atoms with van der Waals surface area (Å²) in [4.78, 5) is 27.9. The molecule has 2 aliphatic rings. The van der Waals surface area contributed by atoms with E-state index >= 15 is 0 Å². The molecule has 0 unspecified atom stereocenters. The maximum atomic E-state index is 12.4. The molecule has 0 radical (unpaired) electrons. The van der Waals surface area contributed by atoms with Crippen LogP contribution in [0.2, 0.25) is 5.02 Å². The van der Waals surface area contributed by atoms with Crippen molar-refractivity contribution in [3.63, 3.8) is 0 Å². The number of rotatable bonds is 2. The summed E-state index contributed by atoms with van der Waals surface area (Å²) in [5.74, 6) is 0.555. The average Bonchev–Trinajstić information content (AvgIpc) is 2.85. The predicted molar refractivity (Wildman–Crippen MR) is 95.3 cm³/mol. The van der Waals surface area contributed by atoms with Crippen LogP contribution in [0.25, 0.3) is 0 Å². The molecule has 1 aromatic rings. The maximum Gasteiger partial charge on any atom is 0.240 e. The highest BCUT2D eigenvalue weighted by Gasteiger charge is 2.49. The van der Waals surface area contributed by atoms with E-state index in [0.29, 0.717) is 23.9 Å². The van der Waals surface area contributed by atoms with Crippen molar-refractivity contribution in [1.82, 2.24) is 4.90 Å². The summed E-state index contributed by atoms with van der Waals surface area (Å²) in [6.45, 7) is 2.95. The Morgan fingerprint density at radius 2 is 1.87 bits per heavy atom. The van der Waals surface area contributed by atoms with Crippen LogP contribution < -0.4 is 4.90 Å². The molecule has 3 rings (SSSR count). The van der Waals surface area contributed by atoms with Crippen LogP contribution in [0.1, 0.15) is 19.8 Å². The second-order valence-corrected chi connectivity index (χ2v) is 8.31. The molecule has 2 fully saturated rings. The molecule has 0 bridgehead atoms. The standard InChI is InChI=1S/C16H18Cl2N2O2S/c1-11(17)15(22)19-8-6-16(7-9-19)20(14(21)10-23-16)13-4-2-12(18)3-5-13/h2-5,11H,6-10H2,1H3/t11-/m1/s1. The first-order chi connectivity index (χ1) is 10.9. The van der Waals surface area contributed by atoms with E-state index in [1.54, 1.807) is 35.7 Å². The van der Waals surface area contributed by atoms with Gasteiger partial charge >= 0.3 is 0 Å². The Hall–Kier alpha value is -0.910. The van der Waals surface area contributed by atoms with Crippen molar-refractivity contribution in [2.45, 2.75) is 30.0 Å². The minimum atomic E-state index is -0.505. The van der Waals surface area contributed by atoms with E-state index in [0.717, 1.165) is 18.5 Å². The zero-order valence-corrected chi connectivity index (χ0v) is 15.1. The number of nitrogens with zero attached hydrogens (tertiary/aromatic N) is 2. The molecule has 0 aliphatic carbocycles. The number of carbonyl (C=O) groups is 2. The lowest BCUT2D eigenvalue weighted by Gasteiger charge is -2.44. The van der Waals surface area contributed by atoms with Crippen LogP contribution in [-0.4, -0.2) is 45.8 Å². The molecule has 2 saturated heterocycles. The minimum absolute atomic E-state index is 0.0334. The quantitative estimate of drug-likeness (QED) is 0.747. The smallest absolute Gasteiger partial charge is 0.240 e. The Morgan fingerprint density at radius 1 is 1.26 bits per heavy atom. The SMILES string of the molecule is C[C@@H](Cl)C(=O)N1CCC2(CC1)SCC(=O)N2c1ccc(Cl)cc1. The van der Waals surface area contributed by atoms with Gasteiger partial charge in [-0.15, -0.1) is 23.4 Å². The molecule has 0 saturated carbocycles. The number of carbonyl (C=O) groups excluding carboxylic acids is 2. The minimum Gasteiger partial charge on any atom is -0.341 e. The number of likely N-dealkylation sites (tertiary alicyclic amines) is 1. The van der Waals surface area contributed by atoms with E-state index in [-0.39, 0.29) is 16.7 Å². The number of halogens is 2. The summed E-state index contributed by atoms with van der Waals surface area (Å²) in [5, 5.41) is 0.146. The third-order valence-electron chi connectivity index (χ3n) is 4.40. The van der Waals surface area contributed by atoms with E-state index in [4.69, 9.17) is 23.2 Å². The van der Waals surface area contributed by atoms with E-state index in [9.17, 15) is 9.59 Å². The summed E-state index contributed by atoms with van der Waals surface area (Å²) in [6.07, 6.45) is 1.50. The number of thioether (sulfide) groups is 1. The van der Waals surface area contributed by atoms with Gasteiger partial charge in [-0.3, -0.25) is 14.5 Å². The lowest BCUT2D eigenvalue weighted by molar-refractivity contribution is -0.131. The normalized spacial score (nSPS) is 21.8. The van der Waals surface area contributed by atoms with E-state index in [1.165, 1.54) is 0 Å². The Labute approximate surface area is 150 Å². The first kappa shape index (κ1) is 16.9. The number of amides is 2. The molecule has 2 heterocycles. The van der Waals surface area contributed by atoms with Crippen molar-refractivity contribution < 1.29 is 9.59 Å². The Kier molecular flexibility index (Phi) is 4.81. The van der Waals surface area contributed by atoms with Gasteiger partial charge in [0.25, 0.3) is 0 Å². The summed E-state index contributed by atoms with van der Waals surface area (Å²) in [6, 6.07) is 7.36. The number of alkyl halides is 1. The molecule has 4 nitrogen and oxygen atoms in total. The Morgan fingerprint density at radius 3 is 2.43 bits per heavy atom. The number of benzene rings is 1. The van der Waals surface area contributed by atoms with Crippen molar-refractivity contribution in [2.24, 2.45) is 0 Å². The number of anilines is 1. The van der Waals surface area contributed by atoms with E-state index in [2.05, 4.69) is 0 Å². The van der Waals surface area contributed by atoms with Gasteiger partial charge in [0.15, 0.2) is 0 Å². The lowest BCUT2D eigenvalue weighted by Crippen LogP contribution is -2.54. The average molecular weight is 373 g/mol. The molecule has 1 aromatic carbocycles. The van der Waals surface area contributed by atoms with Gasteiger partial charge < -0.3 is 4.90 Å². The highest BCUT2D eigenvalue weighted by molar-refractivity contribution is 8.02. The Bertz CT molecular complexity index is 613. The van der Waals surface area contributed by atoms with Gasteiger partial charge in [-0.1, -0.05) is 11.6 Å². The molecule has 23 heavy (non-hydrogen) atoms. The van der Waals surface area contributed by atoms with E-state index < -0.39 is 5.38 Å². The van der Waals surface area contributed by atoms with Crippen LogP contribution in [0.15, 0.2) is 24.3 Å². The van der Waals surface area contributed by atoms with E-state index in [1.807, 2.05) is 17.0 Å². The largest absolute Gasteiger partial charge is 0.341 e. The second-order valence-electron chi connectivity index (χ2n) is 5.88. The zero-order chi connectivity index (χ0) is 16.6. The highest BCUT2D eigenvalue weighted by atomic mass is 35.5. The van der Waals surface area contributed by atoms with Gasteiger partial charge in [0.05, 0.1) is 10.6 Å². The summed E-state index contributed by atoms with van der Waals surface area (Å²) in [7, 11) is 0. The monoisotopic (exact) mass is 372 g/mol. The fourth-order valence-corrected chi connectivity index (χ4v) is 4.81.